The average Bonchev–Trinajstić information content (AvgIpc) is 2.56. The van der Waals surface area contributed by atoms with Crippen LogP contribution in [0.4, 0.5) is 0 Å². The number of aryl methyl sites for hydroxylation is 2. The van der Waals surface area contributed by atoms with Gasteiger partial charge in [0, 0.05) is 0 Å². The van der Waals surface area contributed by atoms with E-state index in [9.17, 15) is 0 Å². The Labute approximate surface area is 150 Å². The molecular formula is C23H38O. The minimum absolute atomic E-state index is 0.0217. The van der Waals surface area contributed by atoms with Crippen LogP contribution in [0.15, 0.2) is 30.4 Å². The molecule has 136 valence electrons. The molecular weight excluding hydrogens is 292 g/mol. The standard InChI is InChI=1S/C23H38O/c1-8-15-23(11-4,16-9-2)24-22(10-3)20(7)17-21-18(5)13-12-14-19(21)6/h12-14,22H,7-11,15-17H2,1-6H3. The van der Waals surface area contributed by atoms with Gasteiger partial charge in [-0.25, -0.2) is 0 Å². The molecule has 1 aromatic carbocycles. The molecule has 0 saturated carbocycles. The molecule has 0 aromatic heterocycles. The molecule has 1 aromatic rings. The third-order valence-electron chi connectivity index (χ3n) is 5.32. The van der Waals surface area contributed by atoms with Gasteiger partial charge in [-0.1, -0.05) is 65.3 Å². The summed E-state index contributed by atoms with van der Waals surface area (Å²) in [5.74, 6) is 0. The van der Waals surface area contributed by atoms with Crippen molar-refractivity contribution >= 4 is 0 Å². The van der Waals surface area contributed by atoms with Crippen molar-refractivity contribution in [1.82, 2.24) is 0 Å². The van der Waals surface area contributed by atoms with E-state index in [2.05, 4.69) is 66.3 Å². The summed E-state index contributed by atoms with van der Waals surface area (Å²) in [7, 11) is 0. The molecule has 24 heavy (non-hydrogen) atoms. The van der Waals surface area contributed by atoms with Gasteiger partial charge in [-0.2, -0.15) is 0 Å². The van der Waals surface area contributed by atoms with Crippen LogP contribution in [0.3, 0.4) is 0 Å². The summed E-state index contributed by atoms with van der Waals surface area (Å²) in [6.45, 7) is 17.8. The van der Waals surface area contributed by atoms with Gasteiger partial charge in [-0.3, -0.25) is 0 Å². The van der Waals surface area contributed by atoms with E-state index in [1.165, 1.54) is 35.1 Å². The maximum Gasteiger partial charge on any atom is 0.0790 e. The van der Waals surface area contributed by atoms with Gasteiger partial charge >= 0.3 is 0 Å². The quantitative estimate of drug-likeness (QED) is 0.399. The normalized spacial score (nSPS) is 13.1. The first-order valence-electron chi connectivity index (χ1n) is 9.83. The van der Waals surface area contributed by atoms with E-state index in [4.69, 9.17) is 4.74 Å². The number of ether oxygens (including phenoxy) is 1. The van der Waals surface area contributed by atoms with Gasteiger partial charge in [-0.15, -0.1) is 0 Å². The lowest BCUT2D eigenvalue weighted by atomic mass is 9.88. The van der Waals surface area contributed by atoms with Crippen LogP contribution < -0.4 is 0 Å². The number of benzene rings is 1. The van der Waals surface area contributed by atoms with E-state index < -0.39 is 0 Å². The van der Waals surface area contributed by atoms with Gasteiger partial charge in [0.2, 0.25) is 0 Å². The zero-order valence-electron chi connectivity index (χ0n) is 16.9. The second kappa shape index (κ2) is 10.0. The Kier molecular flexibility index (Phi) is 8.76. The number of rotatable bonds is 11. The number of hydrogen-bond donors (Lipinski definition) is 0. The van der Waals surface area contributed by atoms with Crippen molar-refractivity contribution < 1.29 is 4.74 Å². The first-order valence-corrected chi connectivity index (χ1v) is 9.83. The van der Waals surface area contributed by atoms with Crippen LogP contribution in [0.2, 0.25) is 0 Å². The predicted octanol–water partition coefficient (Wildman–Crippen LogP) is 6.95. The van der Waals surface area contributed by atoms with Crippen LogP contribution in [-0.4, -0.2) is 11.7 Å². The van der Waals surface area contributed by atoms with E-state index in [1.54, 1.807) is 0 Å². The first kappa shape index (κ1) is 21.0. The Morgan fingerprint density at radius 1 is 1.04 bits per heavy atom. The zero-order valence-corrected chi connectivity index (χ0v) is 16.9. The Morgan fingerprint density at radius 2 is 1.58 bits per heavy atom. The van der Waals surface area contributed by atoms with Gasteiger partial charge in [0.25, 0.3) is 0 Å². The van der Waals surface area contributed by atoms with Crippen molar-refractivity contribution in [3.05, 3.63) is 47.0 Å². The van der Waals surface area contributed by atoms with Crippen LogP contribution in [0.25, 0.3) is 0 Å². The Balaban J connectivity index is 2.92. The maximum atomic E-state index is 6.73. The highest BCUT2D eigenvalue weighted by molar-refractivity contribution is 5.36. The molecule has 0 fully saturated rings. The minimum Gasteiger partial charge on any atom is -0.367 e. The second-order valence-electron chi connectivity index (χ2n) is 7.26. The Bertz CT molecular complexity index is 489. The average molecular weight is 331 g/mol. The smallest absolute Gasteiger partial charge is 0.0790 e. The highest BCUT2D eigenvalue weighted by Crippen LogP contribution is 2.32. The largest absolute Gasteiger partial charge is 0.367 e. The summed E-state index contributed by atoms with van der Waals surface area (Å²) in [6, 6.07) is 6.53. The molecule has 1 heteroatoms. The molecule has 0 aliphatic rings. The minimum atomic E-state index is 0.0217. The van der Waals surface area contributed by atoms with E-state index in [1.807, 2.05) is 0 Å². The summed E-state index contributed by atoms with van der Waals surface area (Å²) >= 11 is 0. The van der Waals surface area contributed by atoms with E-state index >= 15 is 0 Å². The summed E-state index contributed by atoms with van der Waals surface area (Å²) < 4.78 is 6.73. The second-order valence-corrected chi connectivity index (χ2v) is 7.26. The third kappa shape index (κ3) is 5.48. The summed E-state index contributed by atoms with van der Waals surface area (Å²) in [4.78, 5) is 0. The van der Waals surface area contributed by atoms with Crippen LogP contribution in [0.1, 0.15) is 82.9 Å². The van der Waals surface area contributed by atoms with Gasteiger partial charge in [0.15, 0.2) is 0 Å². The molecule has 0 aliphatic heterocycles. The fourth-order valence-corrected chi connectivity index (χ4v) is 3.82. The molecule has 0 aliphatic carbocycles. The third-order valence-corrected chi connectivity index (χ3v) is 5.32. The SMILES string of the molecule is C=C(Cc1c(C)cccc1C)C(CC)OC(CC)(CCC)CCC. The maximum absolute atomic E-state index is 6.73. The number of hydrogen-bond acceptors (Lipinski definition) is 1. The molecule has 0 N–H and O–H groups in total. The highest BCUT2D eigenvalue weighted by atomic mass is 16.5. The van der Waals surface area contributed by atoms with Gasteiger partial charge in [0.1, 0.15) is 0 Å². The molecule has 1 unspecified atom stereocenters. The monoisotopic (exact) mass is 330 g/mol. The first-order chi connectivity index (χ1) is 11.4. The fourth-order valence-electron chi connectivity index (χ4n) is 3.82. The fraction of sp³-hybridized carbons (Fsp3) is 0.652. The van der Waals surface area contributed by atoms with Crippen molar-refractivity contribution in [2.45, 2.75) is 98.2 Å². The van der Waals surface area contributed by atoms with Crippen LogP contribution in [0.5, 0.6) is 0 Å². The molecule has 0 radical (unpaired) electrons. The lowest BCUT2D eigenvalue weighted by Gasteiger charge is -2.37. The van der Waals surface area contributed by atoms with Crippen molar-refractivity contribution in [2.75, 3.05) is 0 Å². The van der Waals surface area contributed by atoms with Gasteiger partial charge in [-0.05, 0) is 68.2 Å². The molecule has 1 atom stereocenters. The zero-order chi connectivity index (χ0) is 18.2. The summed E-state index contributed by atoms with van der Waals surface area (Å²) in [5, 5.41) is 0. The van der Waals surface area contributed by atoms with E-state index in [0.717, 1.165) is 32.1 Å². The topological polar surface area (TPSA) is 9.23 Å². The van der Waals surface area contributed by atoms with Crippen LogP contribution in [0, 0.1) is 13.8 Å². The van der Waals surface area contributed by atoms with E-state index in [0.29, 0.717) is 0 Å². The van der Waals surface area contributed by atoms with Gasteiger partial charge in [0.05, 0.1) is 11.7 Å². The predicted molar refractivity (Wildman–Crippen MR) is 107 cm³/mol. The van der Waals surface area contributed by atoms with Crippen LogP contribution in [-0.2, 0) is 11.2 Å². The van der Waals surface area contributed by atoms with Gasteiger partial charge < -0.3 is 4.74 Å². The lowest BCUT2D eigenvalue weighted by molar-refractivity contribution is -0.0950. The lowest BCUT2D eigenvalue weighted by Crippen LogP contribution is -2.37. The molecule has 0 spiro atoms. The highest BCUT2D eigenvalue weighted by Gasteiger charge is 2.31. The van der Waals surface area contributed by atoms with Crippen molar-refractivity contribution in [3.8, 4) is 0 Å². The molecule has 1 nitrogen and oxygen atoms in total. The molecule has 0 heterocycles. The molecule has 0 amide bonds. The summed E-state index contributed by atoms with van der Waals surface area (Å²) in [6.07, 6.45) is 7.80. The van der Waals surface area contributed by atoms with Crippen molar-refractivity contribution in [2.24, 2.45) is 0 Å². The Hall–Kier alpha value is -1.08. The summed E-state index contributed by atoms with van der Waals surface area (Å²) in [5.41, 5.74) is 5.37. The Morgan fingerprint density at radius 3 is 2.00 bits per heavy atom. The molecule has 0 saturated heterocycles. The van der Waals surface area contributed by atoms with E-state index in [-0.39, 0.29) is 11.7 Å². The van der Waals surface area contributed by atoms with Crippen molar-refractivity contribution in [1.29, 1.82) is 0 Å². The van der Waals surface area contributed by atoms with Crippen LogP contribution >= 0.6 is 0 Å². The molecule has 0 bridgehead atoms. The molecule has 1 rings (SSSR count). The van der Waals surface area contributed by atoms with Crippen molar-refractivity contribution in [3.63, 3.8) is 0 Å².